The largest absolute Gasteiger partial charge is 0.481 e. The van der Waals surface area contributed by atoms with Crippen molar-refractivity contribution in [2.75, 3.05) is 0 Å². The Hall–Kier alpha value is -1.58. The minimum atomic E-state index is -0.635. The molecule has 0 aromatic heterocycles. The van der Waals surface area contributed by atoms with E-state index in [2.05, 4.69) is 5.32 Å². The maximum atomic E-state index is 12.8. The van der Waals surface area contributed by atoms with Gasteiger partial charge in [0.1, 0.15) is 11.6 Å². The minimum absolute atomic E-state index is 0.0612. The second kappa shape index (κ2) is 5.49. The molecule has 1 atom stereocenters. The van der Waals surface area contributed by atoms with Gasteiger partial charge in [-0.05, 0) is 32.9 Å². The van der Waals surface area contributed by atoms with Crippen LogP contribution < -0.4 is 10.1 Å². The van der Waals surface area contributed by atoms with Gasteiger partial charge in [-0.2, -0.15) is 0 Å². The van der Waals surface area contributed by atoms with E-state index < -0.39 is 6.10 Å². The number of rotatable bonds is 4. The van der Waals surface area contributed by atoms with E-state index in [0.29, 0.717) is 5.75 Å². The van der Waals surface area contributed by atoms with E-state index in [4.69, 9.17) is 4.74 Å². The zero-order valence-electron chi connectivity index (χ0n) is 9.66. The Morgan fingerprint density at radius 3 is 2.62 bits per heavy atom. The molecule has 1 rings (SSSR count). The smallest absolute Gasteiger partial charge is 0.260 e. The molecule has 0 radical (unpaired) electrons. The number of halogens is 1. The van der Waals surface area contributed by atoms with Gasteiger partial charge in [0.25, 0.3) is 5.91 Å². The first-order valence-electron chi connectivity index (χ1n) is 5.21. The van der Waals surface area contributed by atoms with Gasteiger partial charge in [0, 0.05) is 12.1 Å². The van der Waals surface area contributed by atoms with Crippen LogP contribution in [-0.4, -0.2) is 18.1 Å². The second-order valence-corrected chi connectivity index (χ2v) is 3.88. The van der Waals surface area contributed by atoms with Crippen molar-refractivity contribution in [2.45, 2.75) is 32.9 Å². The Bertz CT molecular complexity index is 366. The third-order valence-corrected chi connectivity index (χ3v) is 1.91. The molecule has 1 aromatic carbocycles. The summed E-state index contributed by atoms with van der Waals surface area (Å²) < 4.78 is 18.2. The molecule has 0 bridgehead atoms. The van der Waals surface area contributed by atoms with Crippen molar-refractivity contribution in [3.05, 3.63) is 30.1 Å². The van der Waals surface area contributed by atoms with Crippen LogP contribution in [0.3, 0.4) is 0 Å². The van der Waals surface area contributed by atoms with Crippen LogP contribution in [0.25, 0.3) is 0 Å². The highest BCUT2D eigenvalue weighted by Crippen LogP contribution is 2.13. The molecule has 0 saturated carbocycles. The SMILES string of the molecule is CC(C)NC(=O)C(C)Oc1cccc(F)c1. The molecule has 16 heavy (non-hydrogen) atoms. The van der Waals surface area contributed by atoms with E-state index in [1.807, 2.05) is 13.8 Å². The molecule has 0 saturated heterocycles. The summed E-state index contributed by atoms with van der Waals surface area (Å²) in [6.45, 7) is 5.36. The fourth-order valence-corrected chi connectivity index (χ4v) is 1.20. The van der Waals surface area contributed by atoms with E-state index in [0.717, 1.165) is 0 Å². The van der Waals surface area contributed by atoms with E-state index in [1.54, 1.807) is 13.0 Å². The number of benzene rings is 1. The quantitative estimate of drug-likeness (QED) is 0.852. The summed E-state index contributed by atoms with van der Waals surface area (Å²) in [5.74, 6) is -0.236. The highest BCUT2D eigenvalue weighted by Gasteiger charge is 2.15. The van der Waals surface area contributed by atoms with E-state index in [9.17, 15) is 9.18 Å². The molecular weight excluding hydrogens is 209 g/mol. The highest BCUT2D eigenvalue weighted by atomic mass is 19.1. The first kappa shape index (κ1) is 12.5. The lowest BCUT2D eigenvalue weighted by Gasteiger charge is -2.16. The van der Waals surface area contributed by atoms with Crippen LogP contribution in [0, 0.1) is 5.82 Å². The summed E-state index contributed by atoms with van der Waals surface area (Å²) in [6.07, 6.45) is -0.635. The van der Waals surface area contributed by atoms with Crippen molar-refractivity contribution in [3.63, 3.8) is 0 Å². The molecule has 1 aromatic rings. The molecular formula is C12H16FNO2. The van der Waals surface area contributed by atoms with Gasteiger partial charge in [-0.25, -0.2) is 4.39 Å². The van der Waals surface area contributed by atoms with Crippen molar-refractivity contribution in [3.8, 4) is 5.75 Å². The van der Waals surface area contributed by atoms with Crippen LogP contribution in [0.4, 0.5) is 4.39 Å². The van der Waals surface area contributed by atoms with Crippen molar-refractivity contribution in [1.29, 1.82) is 0 Å². The molecule has 1 unspecified atom stereocenters. The van der Waals surface area contributed by atoms with Gasteiger partial charge in [0.05, 0.1) is 0 Å². The molecule has 0 aliphatic carbocycles. The van der Waals surface area contributed by atoms with Gasteiger partial charge >= 0.3 is 0 Å². The molecule has 0 aliphatic heterocycles. The van der Waals surface area contributed by atoms with Gasteiger partial charge < -0.3 is 10.1 Å². The topological polar surface area (TPSA) is 38.3 Å². The molecule has 0 spiro atoms. The van der Waals surface area contributed by atoms with Crippen molar-refractivity contribution in [1.82, 2.24) is 5.32 Å². The van der Waals surface area contributed by atoms with Crippen LogP contribution in [0.1, 0.15) is 20.8 Å². The standard InChI is InChI=1S/C12H16FNO2/c1-8(2)14-12(15)9(3)16-11-6-4-5-10(13)7-11/h4-9H,1-3H3,(H,14,15). The van der Waals surface area contributed by atoms with Crippen LogP contribution in [0.15, 0.2) is 24.3 Å². The fraction of sp³-hybridized carbons (Fsp3) is 0.417. The highest BCUT2D eigenvalue weighted by molar-refractivity contribution is 5.80. The lowest BCUT2D eigenvalue weighted by molar-refractivity contribution is -0.127. The predicted molar refractivity (Wildman–Crippen MR) is 59.8 cm³/mol. The zero-order valence-corrected chi connectivity index (χ0v) is 9.66. The molecule has 3 nitrogen and oxygen atoms in total. The van der Waals surface area contributed by atoms with Crippen LogP contribution in [0.2, 0.25) is 0 Å². The summed E-state index contributed by atoms with van der Waals surface area (Å²) >= 11 is 0. The second-order valence-electron chi connectivity index (χ2n) is 3.88. The summed E-state index contributed by atoms with van der Waals surface area (Å²) in [5.41, 5.74) is 0. The first-order valence-corrected chi connectivity index (χ1v) is 5.21. The van der Waals surface area contributed by atoms with Gasteiger partial charge in [0.15, 0.2) is 6.10 Å². The maximum absolute atomic E-state index is 12.8. The van der Waals surface area contributed by atoms with Crippen molar-refractivity contribution < 1.29 is 13.9 Å². The number of carbonyl (C=O) groups excluding carboxylic acids is 1. The average molecular weight is 225 g/mol. The Balaban J connectivity index is 2.57. The molecule has 1 amide bonds. The lowest BCUT2D eigenvalue weighted by atomic mass is 10.3. The number of amides is 1. The third-order valence-electron chi connectivity index (χ3n) is 1.91. The van der Waals surface area contributed by atoms with E-state index in [1.165, 1.54) is 18.2 Å². The number of ether oxygens (including phenoxy) is 1. The fourth-order valence-electron chi connectivity index (χ4n) is 1.20. The number of nitrogens with one attached hydrogen (secondary N) is 1. The summed E-state index contributed by atoms with van der Waals surface area (Å²) in [7, 11) is 0. The van der Waals surface area contributed by atoms with E-state index >= 15 is 0 Å². The van der Waals surface area contributed by atoms with Crippen LogP contribution in [0.5, 0.6) is 5.75 Å². The van der Waals surface area contributed by atoms with E-state index in [-0.39, 0.29) is 17.8 Å². The molecule has 0 heterocycles. The van der Waals surface area contributed by atoms with Gasteiger partial charge in [-0.1, -0.05) is 6.07 Å². The summed E-state index contributed by atoms with van der Waals surface area (Å²) in [5, 5.41) is 2.72. The first-order chi connectivity index (χ1) is 7.49. The lowest BCUT2D eigenvalue weighted by Crippen LogP contribution is -2.40. The summed E-state index contributed by atoms with van der Waals surface area (Å²) in [4.78, 5) is 11.5. The average Bonchev–Trinajstić information content (AvgIpc) is 2.16. The molecule has 88 valence electrons. The van der Waals surface area contributed by atoms with Gasteiger partial charge in [-0.3, -0.25) is 4.79 Å². The minimum Gasteiger partial charge on any atom is -0.481 e. The predicted octanol–water partition coefficient (Wildman–Crippen LogP) is 2.12. The van der Waals surface area contributed by atoms with Crippen molar-refractivity contribution in [2.24, 2.45) is 0 Å². The monoisotopic (exact) mass is 225 g/mol. The Labute approximate surface area is 94.6 Å². The number of carbonyl (C=O) groups is 1. The normalized spacial score (nSPS) is 12.3. The molecule has 1 N–H and O–H groups in total. The zero-order chi connectivity index (χ0) is 12.1. The molecule has 4 heteroatoms. The van der Waals surface area contributed by atoms with Crippen LogP contribution >= 0.6 is 0 Å². The Kier molecular flexibility index (Phi) is 4.28. The van der Waals surface area contributed by atoms with Gasteiger partial charge in [0.2, 0.25) is 0 Å². The third kappa shape index (κ3) is 3.88. The maximum Gasteiger partial charge on any atom is 0.260 e. The Morgan fingerprint density at radius 2 is 2.06 bits per heavy atom. The number of hydrogen-bond donors (Lipinski definition) is 1. The number of hydrogen-bond acceptors (Lipinski definition) is 2. The summed E-state index contributed by atoms with van der Waals surface area (Å²) in [6, 6.07) is 5.79. The van der Waals surface area contributed by atoms with Crippen LogP contribution in [-0.2, 0) is 4.79 Å². The molecule has 0 fully saturated rings. The Morgan fingerprint density at radius 1 is 1.38 bits per heavy atom. The van der Waals surface area contributed by atoms with Gasteiger partial charge in [-0.15, -0.1) is 0 Å². The molecule has 0 aliphatic rings. The van der Waals surface area contributed by atoms with Crippen molar-refractivity contribution >= 4 is 5.91 Å².